The smallest absolute Gasteiger partial charge is 0.350 e. The van der Waals surface area contributed by atoms with E-state index >= 15 is 0 Å². The van der Waals surface area contributed by atoms with E-state index in [0.717, 1.165) is 0 Å². The highest BCUT2D eigenvalue weighted by Gasteiger charge is 2.11. The Bertz CT molecular complexity index is 475. The molecule has 3 N–H and O–H groups in total. The van der Waals surface area contributed by atoms with Crippen molar-refractivity contribution in [3.8, 4) is 0 Å². The molecule has 3 amide bonds. The number of hydrogen-bond acceptors (Lipinski definition) is 4. The Kier molecular flexibility index (Phi) is 4.55. The van der Waals surface area contributed by atoms with Crippen LogP contribution in [0.1, 0.15) is 17.3 Å². The summed E-state index contributed by atoms with van der Waals surface area (Å²) < 4.78 is 0.688. The maximum atomic E-state index is 11.5. The van der Waals surface area contributed by atoms with Gasteiger partial charge in [-0.1, -0.05) is 0 Å². The van der Waals surface area contributed by atoms with Crippen molar-refractivity contribution in [1.82, 2.24) is 9.84 Å². The van der Waals surface area contributed by atoms with E-state index in [1.807, 2.05) is 0 Å². The van der Waals surface area contributed by atoms with Gasteiger partial charge in [0, 0.05) is 12.6 Å². The van der Waals surface area contributed by atoms with E-state index in [0.29, 0.717) is 10.1 Å². The number of nitrogens with one attached hydrogen (secondary N) is 2. The first-order chi connectivity index (χ1) is 8.40. The highest BCUT2D eigenvalue weighted by atomic mass is 32.1. The van der Waals surface area contributed by atoms with Gasteiger partial charge in [0.2, 0.25) is 5.91 Å². The summed E-state index contributed by atoms with van der Waals surface area (Å²) in [6.45, 7) is 1.23. The number of hydrazine groups is 1. The zero-order valence-corrected chi connectivity index (χ0v) is 10.3. The summed E-state index contributed by atoms with van der Waals surface area (Å²) in [5.41, 5.74) is 2.64. The second-order valence-corrected chi connectivity index (χ2v) is 3.69. The lowest BCUT2D eigenvalue weighted by Gasteiger charge is -2.16. The van der Waals surface area contributed by atoms with Gasteiger partial charge in [-0.15, -0.1) is 0 Å². The highest BCUT2D eigenvalue weighted by molar-refractivity contribution is 7.78. The van der Waals surface area contributed by atoms with E-state index in [2.05, 4.69) is 23.6 Å². The number of benzene rings is 1. The zero-order chi connectivity index (χ0) is 13.7. The molecule has 0 radical (unpaired) electrons. The normalized spacial score (nSPS) is 9.44. The van der Waals surface area contributed by atoms with Crippen LogP contribution in [0.4, 0.5) is 10.5 Å². The molecule has 0 saturated carbocycles. The summed E-state index contributed by atoms with van der Waals surface area (Å²) in [4.78, 5) is 32.8. The molecule has 18 heavy (non-hydrogen) atoms. The van der Waals surface area contributed by atoms with Crippen LogP contribution in [0.3, 0.4) is 0 Å². The van der Waals surface area contributed by atoms with E-state index in [1.54, 1.807) is 0 Å². The van der Waals surface area contributed by atoms with Crippen molar-refractivity contribution in [1.29, 1.82) is 0 Å². The molecule has 1 aromatic carbocycles. The van der Waals surface area contributed by atoms with Gasteiger partial charge in [-0.05, 0) is 37.1 Å². The minimum absolute atomic E-state index is 0.109. The minimum Gasteiger partial charge on any atom is -0.478 e. The number of anilines is 1. The number of aromatic carboxylic acids is 1. The molecule has 0 saturated heterocycles. The van der Waals surface area contributed by atoms with Gasteiger partial charge < -0.3 is 10.4 Å². The van der Waals surface area contributed by atoms with Crippen molar-refractivity contribution < 1.29 is 19.5 Å². The number of hydrogen-bond donors (Lipinski definition) is 4. The summed E-state index contributed by atoms with van der Waals surface area (Å²) >= 11 is 3.74. The number of carbonyl (C=O) groups excluding carboxylic acids is 2. The first-order valence-corrected chi connectivity index (χ1v) is 5.20. The lowest BCUT2D eigenvalue weighted by Crippen LogP contribution is -2.40. The number of carbonyl (C=O) groups is 3. The summed E-state index contributed by atoms with van der Waals surface area (Å²) in [5.74, 6) is -1.50. The van der Waals surface area contributed by atoms with Crippen molar-refractivity contribution in [2.45, 2.75) is 6.92 Å². The van der Waals surface area contributed by atoms with E-state index in [9.17, 15) is 14.4 Å². The molecule has 1 rings (SSSR count). The molecule has 0 atom stereocenters. The Balaban J connectivity index is 2.64. The summed E-state index contributed by atoms with van der Waals surface area (Å²) in [6, 6.07) is 4.88. The number of amides is 3. The monoisotopic (exact) mass is 269 g/mol. The molecular weight excluding hydrogens is 258 g/mol. The number of thiol groups is 1. The molecule has 7 nitrogen and oxygen atoms in total. The van der Waals surface area contributed by atoms with Crippen LogP contribution in [-0.4, -0.2) is 27.4 Å². The van der Waals surface area contributed by atoms with Gasteiger partial charge in [0.05, 0.1) is 5.56 Å². The van der Waals surface area contributed by atoms with E-state index in [-0.39, 0.29) is 5.56 Å². The number of rotatable bonds is 2. The van der Waals surface area contributed by atoms with Gasteiger partial charge in [0.1, 0.15) is 0 Å². The molecule has 0 heterocycles. The Morgan fingerprint density at radius 1 is 1.22 bits per heavy atom. The van der Waals surface area contributed by atoms with E-state index < -0.39 is 17.9 Å². The number of urea groups is 1. The van der Waals surface area contributed by atoms with Crippen molar-refractivity contribution in [3.63, 3.8) is 0 Å². The Hall–Kier alpha value is -2.22. The largest absolute Gasteiger partial charge is 0.478 e. The lowest BCUT2D eigenvalue weighted by molar-refractivity contribution is -0.120. The SMILES string of the molecule is CC(=O)NN(S)C(=O)Nc1ccc(C(=O)O)cc1. The summed E-state index contributed by atoms with van der Waals surface area (Å²) in [7, 11) is 0. The van der Waals surface area contributed by atoms with Crippen LogP contribution in [0.2, 0.25) is 0 Å². The second kappa shape index (κ2) is 5.92. The van der Waals surface area contributed by atoms with Crippen LogP contribution in [0.15, 0.2) is 24.3 Å². The van der Waals surface area contributed by atoms with Gasteiger partial charge in [-0.25, -0.2) is 9.59 Å². The van der Waals surface area contributed by atoms with Gasteiger partial charge in [0.15, 0.2) is 0 Å². The van der Waals surface area contributed by atoms with Crippen LogP contribution in [0.25, 0.3) is 0 Å². The number of nitrogens with zero attached hydrogens (tertiary/aromatic N) is 1. The molecular formula is C10H11N3O4S. The van der Waals surface area contributed by atoms with Crippen molar-refractivity contribution in [2.24, 2.45) is 0 Å². The highest BCUT2D eigenvalue weighted by Crippen LogP contribution is 2.10. The van der Waals surface area contributed by atoms with Gasteiger partial charge in [0.25, 0.3) is 0 Å². The minimum atomic E-state index is -1.05. The van der Waals surface area contributed by atoms with Crippen molar-refractivity contribution in [2.75, 3.05) is 5.32 Å². The van der Waals surface area contributed by atoms with Crippen LogP contribution in [0.5, 0.6) is 0 Å². The predicted molar refractivity (Wildman–Crippen MR) is 67.1 cm³/mol. The van der Waals surface area contributed by atoms with E-state index in [1.165, 1.54) is 31.2 Å². The molecule has 0 bridgehead atoms. The average Bonchev–Trinajstić information content (AvgIpc) is 2.28. The number of carboxylic acids is 1. The molecule has 0 unspecified atom stereocenters. The molecule has 0 aliphatic heterocycles. The predicted octanol–water partition coefficient (Wildman–Crippen LogP) is 1.11. The van der Waals surface area contributed by atoms with Crippen molar-refractivity contribution in [3.05, 3.63) is 29.8 Å². The fourth-order valence-electron chi connectivity index (χ4n) is 1.07. The number of carboxylic acid groups (broad SMARTS) is 1. The van der Waals surface area contributed by atoms with Crippen LogP contribution < -0.4 is 10.7 Å². The van der Waals surface area contributed by atoms with Crippen LogP contribution in [0, 0.1) is 0 Å². The van der Waals surface area contributed by atoms with Crippen LogP contribution in [-0.2, 0) is 4.79 Å². The summed E-state index contributed by atoms with van der Waals surface area (Å²) in [6.07, 6.45) is 0. The Morgan fingerprint density at radius 3 is 2.22 bits per heavy atom. The Labute approximate surface area is 108 Å². The van der Waals surface area contributed by atoms with E-state index in [4.69, 9.17) is 5.11 Å². The third kappa shape index (κ3) is 3.98. The average molecular weight is 269 g/mol. The van der Waals surface area contributed by atoms with Gasteiger partial charge >= 0.3 is 12.0 Å². The maximum absolute atomic E-state index is 11.5. The van der Waals surface area contributed by atoms with Crippen LogP contribution >= 0.6 is 12.8 Å². The quantitative estimate of drug-likeness (QED) is 0.477. The Morgan fingerprint density at radius 2 is 1.78 bits per heavy atom. The molecule has 0 aliphatic rings. The molecule has 0 aromatic heterocycles. The zero-order valence-electron chi connectivity index (χ0n) is 9.38. The molecule has 8 heteroatoms. The first kappa shape index (κ1) is 13.8. The van der Waals surface area contributed by atoms with Crippen molar-refractivity contribution >= 4 is 36.4 Å². The first-order valence-electron chi connectivity index (χ1n) is 4.80. The standard InChI is InChI=1S/C10H11N3O4S/c1-6(14)12-13(18)10(17)11-8-4-2-7(3-5-8)9(15)16/h2-5,18H,1H3,(H,11,17)(H,12,14)(H,15,16). The topological polar surface area (TPSA) is 98.7 Å². The second-order valence-electron chi connectivity index (χ2n) is 3.29. The molecule has 96 valence electrons. The third-order valence-electron chi connectivity index (χ3n) is 1.84. The fraction of sp³-hybridized carbons (Fsp3) is 0.100. The maximum Gasteiger partial charge on any atom is 0.350 e. The molecule has 0 aliphatic carbocycles. The third-order valence-corrected chi connectivity index (χ3v) is 2.12. The molecule has 0 fully saturated rings. The lowest BCUT2D eigenvalue weighted by atomic mass is 10.2. The van der Waals surface area contributed by atoms with Gasteiger partial charge in [-0.3, -0.25) is 10.2 Å². The fourth-order valence-corrected chi connectivity index (χ4v) is 1.26. The molecule has 0 spiro atoms. The van der Waals surface area contributed by atoms with Gasteiger partial charge in [-0.2, -0.15) is 4.41 Å². The molecule has 1 aromatic rings. The summed E-state index contributed by atoms with van der Waals surface area (Å²) in [5, 5.41) is 11.1.